The number of aliphatic hydroxyl groups is 1. The molecule has 3 aromatic rings. The van der Waals surface area contributed by atoms with Gasteiger partial charge in [0.05, 0.1) is 16.0 Å². The Morgan fingerprint density at radius 1 is 0.892 bits per heavy atom. The molecule has 37 heavy (non-hydrogen) atoms. The molecule has 194 valence electrons. The minimum atomic E-state index is -3.75. The van der Waals surface area contributed by atoms with Gasteiger partial charge in [-0.05, 0) is 49.1 Å². The summed E-state index contributed by atoms with van der Waals surface area (Å²) in [6.45, 7) is 0.505. The van der Waals surface area contributed by atoms with E-state index in [2.05, 4.69) is 10.3 Å². The lowest BCUT2D eigenvalue weighted by molar-refractivity contribution is -0.122. The predicted octanol–water partition coefficient (Wildman–Crippen LogP) is 4.15. The molecular formula is C28H32N4O4S. The van der Waals surface area contributed by atoms with Crippen LogP contribution >= 0.6 is 0 Å². The second-order valence-corrected chi connectivity index (χ2v) is 11.5. The Kier molecular flexibility index (Phi) is 7.39. The van der Waals surface area contributed by atoms with Crippen molar-refractivity contribution in [2.45, 2.75) is 48.8 Å². The van der Waals surface area contributed by atoms with Gasteiger partial charge in [-0.2, -0.15) is 0 Å². The Labute approximate surface area is 218 Å². The third-order valence-corrected chi connectivity index (χ3v) is 9.26. The van der Waals surface area contributed by atoms with Crippen molar-refractivity contribution >= 4 is 21.7 Å². The summed E-state index contributed by atoms with van der Waals surface area (Å²) in [7, 11) is -3.75. The molecular weight excluding hydrogens is 488 g/mol. The molecule has 2 aromatic carbocycles. The number of nitrogens with one attached hydrogen (secondary N) is 1. The van der Waals surface area contributed by atoms with Crippen LogP contribution in [0, 0.1) is 0 Å². The summed E-state index contributed by atoms with van der Waals surface area (Å²) in [6.07, 6.45) is 5.45. The number of hydrazine groups is 1. The fourth-order valence-corrected chi connectivity index (χ4v) is 6.96. The lowest BCUT2D eigenvalue weighted by atomic mass is 9.68. The number of aliphatic hydroxyl groups excluding tert-OH is 1. The summed E-state index contributed by atoms with van der Waals surface area (Å²) in [4.78, 5) is 18.4. The third kappa shape index (κ3) is 5.04. The van der Waals surface area contributed by atoms with Crippen molar-refractivity contribution in [2.75, 3.05) is 25.1 Å². The second-order valence-electron chi connectivity index (χ2n) is 9.67. The van der Waals surface area contributed by atoms with E-state index in [0.717, 1.165) is 43.2 Å². The molecule has 1 aliphatic carbocycles. The van der Waals surface area contributed by atoms with Crippen molar-refractivity contribution < 1.29 is 18.3 Å². The Hall–Kier alpha value is -3.11. The molecule has 0 spiro atoms. The average Bonchev–Trinajstić information content (AvgIpc) is 3.44. The maximum absolute atomic E-state index is 13.6. The van der Waals surface area contributed by atoms with Crippen molar-refractivity contribution in [3.05, 3.63) is 78.4 Å². The number of amides is 1. The normalized spacial score (nSPS) is 18.5. The van der Waals surface area contributed by atoms with Crippen LogP contribution in [0.15, 0.2) is 77.7 Å². The molecule has 1 amide bonds. The summed E-state index contributed by atoms with van der Waals surface area (Å²) in [5, 5.41) is 14.0. The highest BCUT2D eigenvalue weighted by Crippen LogP contribution is 2.40. The van der Waals surface area contributed by atoms with Crippen LogP contribution in [0.1, 0.15) is 44.1 Å². The van der Waals surface area contributed by atoms with Crippen LogP contribution in [-0.4, -0.2) is 53.7 Å². The zero-order valence-corrected chi connectivity index (χ0v) is 21.5. The van der Waals surface area contributed by atoms with Gasteiger partial charge in [-0.1, -0.05) is 67.8 Å². The van der Waals surface area contributed by atoms with E-state index in [4.69, 9.17) is 0 Å². The van der Waals surface area contributed by atoms with E-state index >= 15 is 0 Å². The molecule has 2 fully saturated rings. The largest absolute Gasteiger partial charge is 0.380 e. The molecule has 1 saturated carbocycles. The first-order chi connectivity index (χ1) is 17.9. The molecule has 0 radical (unpaired) electrons. The van der Waals surface area contributed by atoms with Gasteiger partial charge in [0.25, 0.3) is 10.0 Å². The zero-order chi connectivity index (χ0) is 25.9. The first-order valence-corrected chi connectivity index (χ1v) is 14.2. The SMILES string of the molecule is O=C(Nc1cccc(-c2ccc(S(=O)(=O)N3CCCN3CO)cc2)n1)C1(c2ccccc2)CCCCC1. The lowest BCUT2D eigenvalue weighted by Gasteiger charge is -2.36. The third-order valence-electron chi connectivity index (χ3n) is 7.43. The molecule has 8 nitrogen and oxygen atoms in total. The fourth-order valence-electron chi connectivity index (χ4n) is 5.43. The minimum Gasteiger partial charge on any atom is -0.380 e. The second kappa shape index (κ2) is 10.7. The maximum atomic E-state index is 13.6. The van der Waals surface area contributed by atoms with E-state index in [1.165, 1.54) is 9.42 Å². The van der Waals surface area contributed by atoms with Gasteiger partial charge in [-0.25, -0.2) is 18.4 Å². The number of rotatable bonds is 7. The minimum absolute atomic E-state index is 0.0384. The van der Waals surface area contributed by atoms with Crippen molar-refractivity contribution in [3.63, 3.8) is 0 Å². The number of nitrogens with zero attached hydrogens (tertiary/aromatic N) is 3. The van der Waals surface area contributed by atoms with E-state index in [1.54, 1.807) is 30.3 Å². The zero-order valence-electron chi connectivity index (χ0n) is 20.7. The predicted molar refractivity (Wildman–Crippen MR) is 142 cm³/mol. The molecule has 0 unspecified atom stereocenters. The Morgan fingerprint density at radius 3 is 2.32 bits per heavy atom. The van der Waals surface area contributed by atoms with E-state index in [9.17, 15) is 18.3 Å². The number of aromatic nitrogens is 1. The van der Waals surface area contributed by atoms with Gasteiger partial charge in [0.15, 0.2) is 0 Å². The van der Waals surface area contributed by atoms with Crippen molar-refractivity contribution in [1.82, 2.24) is 14.4 Å². The molecule has 0 bridgehead atoms. The van der Waals surface area contributed by atoms with Gasteiger partial charge in [0, 0.05) is 18.7 Å². The molecule has 2 N–H and O–H groups in total. The van der Waals surface area contributed by atoms with E-state index in [1.807, 2.05) is 42.5 Å². The highest BCUT2D eigenvalue weighted by atomic mass is 32.2. The number of pyridine rings is 1. The van der Waals surface area contributed by atoms with E-state index in [-0.39, 0.29) is 17.5 Å². The van der Waals surface area contributed by atoms with Gasteiger partial charge >= 0.3 is 0 Å². The number of hydrogen-bond donors (Lipinski definition) is 2. The first-order valence-electron chi connectivity index (χ1n) is 12.8. The van der Waals surface area contributed by atoms with Gasteiger partial charge in [-0.15, -0.1) is 4.41 Å². The summed E-state index contributed by atoms with van der Waals surface area (Å²) in [6, 6.07) is 22.0. The fraction of sp³-hybridized carbons (Fsp3) is 0.357. The van der Waals surface area contributed by atoms with Crippen LogP contribution in [0.25, 0.3) is 11.3 Å². The number of anilines is 1. The van der Waals surface area contributed by atoms with Gasteiger partial charge in [0.2, 0.25) is 5.91 Å². The number of benzene rings is 2. The number of carbonyl (C=O) groups is 1. The summed E-state index contributed by atoms with van der Waals surface area (Å²) >= 11 is 0. The first kappa shape index (κ1) is 25.5. The van der Waals surface area contributed by atoms with Gasteiger partial charge < -0.3 is 10.4 Å². The molecule has 2 aliphatic rings. The lowest BCUT2D eigenvalue weighted by Crippen LogP contribution is -2.42. The molecule has 9 heteroatoms. The molecule has 5 rings (SSSR count). The van der Waals surface area contributed by atoms with Crippen LogP contribution in [0.3, 0.4) is 0 Å². The van der Waals surface area contributed by atoms with E-state index in [0.29, 0.717) is 31.0 Å². The van der Waals surface area contributed by atoms with Crippen molar-refractivity contribution in [1.29, 1.82) is 0 Å². The maximum Gasteiger partial charge on any atom is 0.256 e. The molecule has 1 aliphatic heterocycles. The Bertz CT molecular complexity index is 1340. The number of carbonyl (C=O) groups excluding carboxylic acids is 1. The summed E-state index contributed by atoms with van der Waals surface area (Å²) < 4.78 is 27.3. The Balaban J connectivity index is 1.36. The van der Waals surface area contributed by atoms with Gasteiger partial charge in [0.1, 0.15) is 12.5 Å². The highest BCUT2D eigenvalue weighted by Gasteiger charge is 2.41. The van der Waals surface area contributed by atoms with Crippen LogP contribution < -0.4 is 5.32 Å². The smallest absolute Gasteiger partial charge is 0.256 e. The Morgan fingerprint density at radius 2 is 1.62 bits per heavy atom. The number of hydrogen-bond acceptors (Lipinski definition) is 6. The quantitative estimate of drug-likeness (QED) is 0.485. The summed E-state index contributed by atoms with van der Waals surface area (Å²) in [5.41, 5.74) is 1.85. The van der Waals surface area contributed by atoms with Crippen LogP contribution in [0.5, 0.6) is 0 Å². The van der Waals surface area contributed by atoms with Crippen molar-refractivity contribution in [2.24, 2.45) is 0 Å². The standard InChI is InChI=1S/C28H32N4O4S/c33-21-31-19-8-20-32(31)37(35,36)24-15-13-22(14-16-24)25-11-7-12-26(29-25)30-27(34)28(17-5-2-6-18-28)23-9-3-1-4-10-23/h1,3-4,7,9-16,33H,2,5-6,8,17-21H2,(H,29,30,34). The van der Waals surface area contributed by atoms with Crippen LogP contribution in [-0.2, 0) is 20.2 Å². The number of sulfonamides is 1. The molecule has 1 aromatic heterocycles. The monoisotopic (exact) mass is 520 g/mol. The molecule has 2 heterocycles. The average molecular weight is 521 g/mol. The molecule has 0 atom stereocenters. The van der Waals surface area contributed by atoms with Crippen molar-refractivity contribution in [3.8, 4) is 11.3 Å². The van der Waals surface area contributed by atoms with Crippen LogP contribution in [0.2, 0.25) is 0 Å². The summed E-state index contributed by atoms with van der Waals surface area (Å²) in [5.74, 6) is 0.430. The van der Waals surface area contributed by atoms with Gasteiger partial charge in [-0.3, -0.25) is 4.79 Å². The topological polar surface area (TPSA) is 103 Å². The molecule has 1 saturated heterocycles. The van der Waals surface area contributed by atoms with E-state index < -0.39 is 15.4 Å². The van der Waals surface area contributed by atoms with Crippen LogP contribution in [0.4, 0.5) is 5.82 Å². The highest BCUT2D eigenvalue weighted by molar-refractivity contribution is 7.89.